The second-order valence-electron chi connectivity index (χ2n) is 2.47. The molecular formula is C8H13NO4S. The maximum absolute atomic E-state index is 9.19. The number of nitrogens with two attached hydrogens (primary N) is 1. The summed E-state index contributed by atoms with van der Waals surface area (Å²) in [7, 11) is -2.06. The minimum absolute atomic E-state index is 0.681. The zero-order chi connectivity index (χ0) is 11.2. The molecule has 0 saturated carbocycles. The molecule has 0 aromatic heterocycles. The highest BCUT2D eigenvalue weighted by atomic mass is 32.2. The summed E-state index contributed by atoms with van der Waals surface area (Å²) in [6.45, 7) is 0. The lowest BCUT2D eigenvalue weighted by Gasteiger charge is -2.00. The maximum atomic E-state index is 9.19. The van der Waals surface area contributed by atoms with Crippen molar-refractivity contribution in [1.29, 1.82) is 0 Å². The number of methoxy groups -OCH3 is 1. The quantitative estimate of drug-likeness (QED) is 0.538. The summed E-state index contributed by atoms with van der Waals surface area (Å²) in [5.41, 5.74) is 6.19. The molecule has 0 saturated heterocycles. The van der Waals surface area contributed by atoms with Crippen LogP contribution in [0.3, 0.4) is 0 Å². The monoisotopic (exact) mass is 219 g/mol. The lowest BCUT2D eigenvalue weighted by molar-refractivity contribution is 0.417. The highest BCUT2D eigenvalue weighted by Gasteiger charge is 1.91. The van der Waals surface area contributed by atoms with Crippen LogP contribution in [0.4, 0.5) is 5.69 Å². The van der Waals surface area contributed by atoms with E-state index in [1.807, 2.05) is 18.2 Å². The van der Waals surface area contributed by atoms with Crippen LogP contribution in [-0.4, -0.2) is 26.3 Å². The molecule has 3 N–H and O–H groups in total. The number of ether oxygens (including phenoxy) is 1. The molecular weight excluding hydrogens is 206 g/mol. The van der Waals surface area contributed by atoms with E-state index < -0.39 is 10.1 Å². The largest absolute Gasteiger partial charge is 0.495 e. The standard InChI is InChI=1S/C7H9NO.CH4O3S/c1-9-7-5-3-2-4-6(7)8;1-5(2,3)4/h2-5H,8H2,1H3;1H3,(H,2,3,4). The van der Waals surface area contributed by atoms with Gasteiger partial charge in [-0.25, -0.2) is 0 Å². The Bertz CT molecular complexity index is 367. The molecule has 0 bridgehead atoms. The summed E-state index contributed by atoms with van der Waals surface area (Å²) in [6.07, 6.45) is 0.715. The Hall–Kier alpha value is -1.27. The Kier molecular flexibility index (Phi) is 4.96. The zero-order valence-electron chi connectivity index (χ0n) is 7.97. The Balaban J connectivity index is 0.000000292. The van der Waals surface area contributed by atoms with Crippen LogP contribution in [0.2, 0.25) is 0 Å². The van der Waals surface area contributed by atoms with Gasteiger partial charge in [0.05, 0.1) is 19.1 Å². The fourth-order valence-electron chi connectivity index (χ4n) is 0.666. The SMILES string of the molecule is COc1ccccc1N.CS(=O)(=O)O. The summed E-state index contributed by atoms with van der Waals surface area (Å²) in [4.78, 5) is 0. The average Bonchev–Trinajstić information content (AvgIpc) is 2.02. The molecule has 0 aliphatic carbocycles. The van der Waals surface area contributed by atoms with Crippen molar-refractivity contribution in [2.24, 2.45) is 0 Å². The van der Waals surface area contributed by atoms with Gasteiger partial charge in [-0.05, 0) is 12.1 Å². The lowest BCUT2D eigenvalue weighted by atomic mass is 10.3. The van der Waals surface area contributed by atoms with Crippen LogP contribution in [0, 0.1) is 0 Å². The Morgan fingerprint density at radius 2 is 1.79 bits per heavy atom. The lowest BCUT2D eigenvalue weighted by Crippen LogP contribution is -1.89. The predicted octanol–water partition coefficient (Wildman–Crippen LogP) is 0.781. The van der Waals surface area contributed by atoms with Crippen molar-refractivity contribution < 1.29 is 17.7 Å². The normalized spacial score (nSPS) is 9.93. The molecule has 0 unspecified atom stereocenters. The molecule has 0 amide bonds. The van der Waals surface area contributed by atoms with Gasteiger partial charge >= 0.3 is 0 Å². The van der Waals surface area contributed by atoms with Crippen LogP contribution in [0.5, 0.6) is 5.75 Å². The number of anilines is 1. The molecule has 0 atom stereocenters. The number of hydrogen-bond donors (Lipinski definition) is 2. The van der Waals surface area contributed by atoms with Crippen LogP contribution < -0.4 is 10.5 Å². The zero-order valence-corrected chi connectivity index (χ0v) is 8.78. The topological polar surface area (TPSA) is 89.6 Å². The molecule has 1 aromatic rings. The van der Waals surface area contributed by atoms with E-state index in [4.69, 9.17) is 15.0 Å². The summed E-state index contributed by atoms with van der Waals surface area (Å²) in [5.74, 6) is 0.734. The summed E-state index contributed by atoms with van der Waals surface area (Å²) in [6, 6.07) is 7.39. The van der Waals surface area contributed by atoms with Gasteiger partial charge < -0.3 is 10.5 Å². The molecule has 0 heterocycles. The number of hydrogen-bond acceptors (Lipinski definition) is 4. The first-order valence-electron chi connectivity index (χ1n) is 3.65. The molecule has 6 heteroatoms. The van der Waals surface area contributed by atoms with E-state index in [1.165, 1.54) is 0 Å². The molecule has 80 valence electrons. The Morgan fingerprint density at radius 3 is 2.07 bits per heavy atom. The molecule has 0 radical (unpaired) electrons. The van der Waals surface area contributed by atoms with Gasteiger partial charge in [-0.2, -0.15) is 8.42 Å². The van der Waals surface area contributed by atoms with E-state index in [0.717, 1.165) is 5.75 Å². The van der Waals surface area contributed by atoms with Gasteiger partial charge in [-0.15, -0.1) is 0 Å². The third-order valence-electron chi connectivity index (χ3n) is 1.14. The predicted molar refractivity (Wildman–Crippen MR) is 54.9 cm³/mol. The van der Waals surface area contributed by atoms with Crippen LogP contribution in [0.1, 0.15) is 0 Å². The van der Waals surface area contributed by atoms with E-state index in [1.54, 1.807) is 13.2 Å². The molecule has 0 spiro atoms. The number of benzene rings is 1. The molecule has 1 aromatic carbocycles. The minimum Gasteiger partial charge on any atom is -0.495 e. The third-order valence-corrected chi connectivity index (χ3v) is 1.14. The molecule has 1 rings (SSSR count). The smallest absolute Gasteiger partial charge is 0.261 e. The first-order valence-corrected chi connectivity index (χ1v) is 5.50. The van der Waals surface area contributed by atoms with Gasteiger partial charge in [0.15, 0.2) is 0 Å². The fraction of sp³-hybridized carbons (Fsp3) is 0.250. The molecule has 5 nitrogen and oxygen atoms in total. The van der Waals surface area contributed by atoms with E-state index in [9.17, 15) is 8.42 Å². The van der Waals surface area contributed by atoms with Crippen molar-refractivity contribution in [2.45, 2.75) is 0 Å². The number of para-hydroxylation sites is 2. The molecule has 0 aliphatic heterocycles. The first-order chi connectivity index (χ1) is 6.34. The second-order valence-corrected chi connectivity index (χ2v) is 3.94. The van der Waals surface area contributed by atoms with Crippen molar-refractivity contribution in [1.82, 2.24) is 0 Å². The first kappa shape index (κ1) is 12.7. The van der Waals surface area contributed by atoms with Gasteiger partial charge in [0.1, 0.15) is 5.75 Å². The van der Waals surface area contributed by atoms with Crippen LogP contribution in [0.25, 0.3) is 0 Å². The van der Waals surface area contributed by atoms with Gasteiger partial charge in [0.25, 0.3) is 10.1 Å². The van der Waals surface area contributed by atoms with Crippen molar-refractivity contribution in [2.75, 3.05) is 19.1 Å². The van der Waals surface area contributed by atoms with Crippen LogP contribution in [-0.2, 0) is 10.1 Å². The number of rotatable bonds is 1. The summed E-state index contributed by atoms with van der Waals surface area (Å²) >= 11 is 0. The van der Waals surface area contributed by atoms with Crippen molar-refractivity contribution in [3.63, 3.8) is 0 Å². The van der Waals surface area contributed by atoms with Crippen LogP contribution >= 0.6 is 0 Å². The van der Waals surface area contributed by atoms with Gasteiger partial charge in [0.2, 0.25) is 0 Å². The number of nitrogen functional groups attached to an aromatic ring is 1. The van der Waals surface area contributed by atoms with E-state index in [2.05, 4.69) is 0 Å². The van der Waals surface area contributed by atoms with Gasteiger partial charge in [-0.3, -0.25) is 4.55 Å². The Labute approximate surface area is 83.2 Å². The molecule has 14 heavy (non-hydrogen) atoms. The van der Waals surface area contributed by atoms with Crippen molar-refractivity contribution in [3.8, 4) is 5.75 Å². The van der Waals surface area contributed by atoms with E-state index in [-0.39, 0.29) is 0 Å². The highest BCUT2D eigenvalue weighted by molar-refractivity contribution is 7.85. The summed E-state index contributed by atoms with van der Waals surface area (Å²) in [5, 5.41) is 0. The third kappa shape index (κ3) is 7.38. The minimum atomic E-state index is -3.67. The Morgan fingerprint density at radius 1 is 1.36 bits per heavy atom. The van der Waals surface area contributed by atoms with Crippen molar-refractivity contribution in [3.05, 3.63) is 24.3 Å². The van der Waals surface area contributed by atoms with Crippen molar-refractivity contribution >= 4 is 15.8 Å². The van der Waals surface area contributed by atoms with E-state index in [0.29, 0.717) is 11.9 Å². The fourth-order valence-corrected chi connectivity index (χ4v) is 0.666. The van der Waals surface area contributed by atoms with E-state index >= 15 is 0 Å². The molecule has 0 fully saturated rings. The maximum Gasteiger partial charge on any atom is 0.261 e. The van der Waals surface area contributed by atoms with Crippen LogP contribution in [0.15, 0.2) is 24.3 Å². The van der Waals surface area contributed by atoms with Gasteiger partial charge in [-0.1, -0.05) is 12.1 Å². The van der Waals surface area contributed by atoms with Gasteiger partial charge in [0, 0.05) is 0 Å². The average molecular weight is 219 g/mol. The highest BCUT2D eigenvalue weighted by Crippen LogP contribution is 2.18. The molecule has 0 aliphatic rings. The second kappa shape index (κ2) is 5.46. The summed E-state index contributed by atoms with van der Waals surface area (Å²) < 4.78 is 30.8.